The summed E-state index contributed by atoms with van der Waals surface area (Å²) in [6, 6.07) is 8.76. The highest BCUT2D eigenvalue weighted by molar-refractivity contribution is 5.38. The van der Waals surface area contributed by atoms with E-state index in [0.717, 1.165) is 25.1 Å². The minimum atomic E-state index is 0.303. The van der Waals surface area contributed by atoms with Gasteiger partial charge < -0.3 is 10.1 Å². The van der Waals surface area contributed by atoms with E-state index in [9.17, 15) is 0 Å². The number of aromatic nitrogens is 2. The van der Waals surface area contributed by atoms with Crippen LogP contribution in [-0.4, -0.2) is 16.4 Å². The molecule has 0 amide bonds. The van der Waals surface area contributed by atoms with E-state index in [0.29, 0.717) is 12.6 Å². The summed E-state index contributed by atoms with van der Waals surface area (Å²) in [5, 5.41) is 7.88. The number of allylic oxidation sites excluding steroid dienone is 1. The monoisotopic (exact) mass is 313 g/mol. The van der Waals surface area contributed by atoms with Crippen molar-refractivity contribution in [2.24, 2.45) is 7.05 Å². The van der Waals surface area contributed by atoms with Gasteiger partial charge in [-0.3, -0.25) is 4.68 Å². The fourth-order valence-electron chi connectivity index (χ4n) is 2.78. The van der Waals surface area contributed by atoms with E-state index in [1.54, 1.807) is 0 Å². The lowest BCUT2D eigenvalue weighted by molar-refractivity contribution is 0.337. The van der Waals surface area contributed by atoms with E-state index in [2.05, 4.69) is 48.2 Å². The van der Waals surface area contributed by atoms with Crippen molar-refractivity contribution < 1.29 is 4.74 Å². The molecule has 0 spiro atoms. The smallest absolute Gasteiger partial charge is 0.122 e. The van der Waals surface area contributed by atoms with Crippen LogP contribution in [0.1, 0.15) is 43.1 Å². The second-order valence-electron chi connectivity index (χ2n) is 5.59. The molecule has 0 aliphatic rings. The fourth-order valence-corrected chi connectivity index (χ4v) is 2.78. The van der Waals surface area contributed by atoms with Gasteiger partial charge in [0.05, 0.1) is 12.3 Å². The molecular formula is C19H27N3O. The van der Waals surface area contributed by atoms with Crippen molar-refractivity contribution in [3.05, 3.63) is 59.9 Å². The number of nitrogens with one attached hydrogen (secondary N) is 1. The largest absolute Gasteiger partial charge is 0.494 e. The minimum absolute atomic E-state index is 0.303. The van der Waals surface area contributed by atoms with E-state index in [4.69, 9.17) is 4.74 Å². The Labute approximate surface area is 139 Å². The number of benzene rings is 1. The van der Waals surface area contributed by atoms with Crippen molar-refractivity contribution in [2.45, 2.75) is 39.3 Å². The van der Waals surface area contributed by atoms with Crippen LogP contribution in [0.3, 0.4) is 0 Å². The quantitative estimate of drug-likeness (QED) is 0.716. The van der Waals surface area contributed by atoms with Gasteiger partial charge in [-0.05, 0) is 43.0 Å². The van der Waals surface area contributed by atoms with Crippen molar-refractivity contribution in [3.8, 4) is 5.75 Å². The van der Waals surface area contributed by atoms with Crippen molar-refractivity contribution in [3.63, 3.8) is 0 Å². The molecule has 0 radical (unpaired) electrons. The van der Waals surface area contributed by atoms with Crippen LogP contribution in [0, 0.1) is 0 Å². The Morgan fingerprint density at radius 3 is 2.78 bits per heavy atom. The van der Waals surface area contributed by atoms with Gasteiger partial charge in [-0.1, -0.05) is 25.1 Å². The highest BCUT2D eigenvalue weighted by Gasteiger charge is 2.12. The van der Waals surface area contributed by atoms with Crippen LogP contribution in [0.5, 0.6) is 5.75 Å². The van der Waals surface area contributed by atoms with Gasteiger partial charge in [0.15, 0.2) is 0 Å². The first-order valence-corrected chi connectivity index (χ1v) is 8.26. The summed E-state index contributed by atoms with van der Waals surface area (Å²) in [6.45, 7) is 9.53. The molecule has 0 unspecified atom stereocenters. The maximum atomic E-state index is 5.69. The molecule has 0 saturated carbocycles. The zero-order valence-corrected chi connectivity index (χ0v) is 14.4. The van der Waals surface area contributed by atoms with Gasteiger partial charge >= 0.3 is 0 Å². The average Bonchev–Trinajstić information content (AvgIpc) is 2.97. The standard InChI is InChI=1S/C19H27N3O/c1-5-8-16-13-15(9-10-19(16)23-7-3)14-20-17(6-2)18-11-12-21-22(18)4/h5,9-13,17,20H,1,6-8,14H2,2-4H3/t17-/m1/s1. The molecule has 2 rings (SSSR count). The summed E-state index contributed by atoms with van der Waals surface area (Å²) in [5.74, 6) is 0.954. The Morgan fingerprint density at radius 1 is 1.35 bits per heavy atom. The third-order valence-corrected chi connectivity index (χ3v) is 3.97. The molecule has 124 valence electrons. The molecule has 4 heteroatoms. The van der Waals surface area contributed by atoms with Crippen LogP contribution in [0.4, 0.5) is 0 Å². The Morgan fingerprint density at radius 2 is 2.17 bits per heavy atom. The molecule has 1 aromatic heterocycles. The predicted octanol–water partition coefficient (Wildman–Crippen LogP) is 3.79. The Bertz CT molecular complexity index is 633. The van der Waals surface area contributed by atoms with Gasteiger partial charge in [-0.25, -0.2) is 0 Å². The second-order valence-corrected chi connectivity index (χ2v) is 5.59. The Balaban J connectivity index is 2.08. The lowest BCUT2D eigenvalue weighted by Crippen LogP contribution is -2.22. The van der Waals surface area contributed by atoms with Crippen LogP contribution >= 0.6 is 0 Å². The molecule has 0 fully saturated rings. The van der Waals surface area contributed by atoms with Crippen molar-refractivity contribution in [1.82, 2.24) is 15.1 Å². The average molecular weight is 313 g/mol. The van der Waals surface area contributed by atoms with Gasteiger partial charge in [0.2, 0.25) is 0 Å². The molecular weight excluding hydrogens is 286 g/mol. The van der Waals surface area contributed by atoms with Crippen LogP contribution in [0.15, 0.2) is 43.1 Å². The lowest BCUT2D eigenvalue weighted by Gasteiger charge is -2.18. The third kappa shape index (κ3) is 4.45. The molecule has 2 aromatic rings. The molecule has 0 aliphatic carbocycles. The first kappa shape index (κ1) is 17.3. The predicted molar refractivity (Wildman–Crippen MR) is 94.6 cm³/mol. The summed E-state index contributed by atoms with van der Waals surface area (Å²) < 4.78 is 7.62. The van der Waals surface area contributed by atoms with Crippen LogP contribution in [0.25, 0.3) is 0 Å². The van der Waals surface area contributed by atoms with E-state index in [1.165, 1.54) is 16.8 Å². The van der Waals surface area contributed by atoms with E-state index in [-0.39, 0.29) is 0 Å². The van der Waals surface area contributed by atoms with Crippen molar-refractivity contribution in [2.75, 3.05) is 6.61 Å². The molecule has 1 heterocycles. The molecule has 1 aromatic carbocycles. The number of aryl methyl sites for hydroxylation is 1. The first-order valence-electron chi connectivity index (χ1n) is 8.26. The summed E-state index contributed by atoms with van der Waals surface area (Å²) in [5.41, 5.74) is 3.66. The number of hydrogen-bond donors (Lipinski definition) is 1. The van der Waals surface area contributed by atoms with E-state index >= 15 is 0 Å². The summed E-state index contributed by atoms with van der Waals surface area (Å²) >= 11 is 0. The topological polar surface area (TPSA) is 39.1 Å². The van der Waals surface area contributed by atoms with Crippen LogP contribution in [-0.2, 0) is 20.0 Å². The van der Waals surface area contributed by atoms with Crippen LogP contribution < -0.4 is 10.1 Å². The number of rotatable bonds is 9. The molecule has 0 bridgehead atoms. The maximum absolute atomic E-state index is 5.69. The molecule has 4 nitrogen and oxygen atoms in total. The Kier molecular flexibility index (Phi) is 6.41. The highest BCUT2D eigenvalue weighted by Crippen LogP contribution is 2.22. The number of hydrogen-bond acceptors (Lipinski definition) is 3. The molecule has 1 atom stereocenters. The first-order chi connectivity index (χ1) is 11.2. The fraction of sp³-hybridized carbons (Fsp3) is 0.421. The van der Waals surface area contributed by atoms with Gasteiger partial charge in [-0.15, -0.1) is 6.58 Å². The van der Waals surface area contributed by atoms with Crippen molar-refractivity contribution in [1.29, 1.82) is 0 Å². The second kappa shape index (κ2) is 8.53. The molecule has 1 N–H and O–H groups in total. The van der Waals surface area contributed by atoms with Gasteiger partial charge in [0.25, 0.3) is 0 Å². The number of nitrogens with zero attached hydrogens (tertiary/aromatic N) is 2. The molecule has 0 aliphatic heterocycles. The summed E-state index contributed by atoms with van der Waals surface area (Å²) in [4.78, 5) is 0. The normalized spacial score (nSPS) is 12.1. The maximum Gasteiger partial charge on any atom is 0.122 e. The molecule has 23 heavy (non-hydrogen) atoms. The van der Waals surface area contributed by atoms with Gasteiger partial charge in [0, 0.05) is 25.8 Å². The SMILES string of the molecule is C=CCc1cc(CN[C@H](CC)c2ccnn2C)ccc1OCC. The van der Waals surface area contributed by atoms with Crippen molar-refractivity contribution >= 4 is 0 Å². The van der Waals surface area contributed by atoms with Gasteiger partial charge in [0.1, 0.15) is 5.75 Å². The zero-order chi connectivity index (χ0) is 16.7. The third-order valence-electron chi connectivity index (χ3n) is 3.97. The Hall–Kier alpha value is -2.07. The van der Waals surface area contributed by atoms with E-state index < -0.39 is 0 Å². The minimum Gasteiger partial charge on any atom is -0.494 e. The number of ether oxygens (including phenoxy) is 1. The van der Waals surface area contributed by atoms with Crippen LogP contribution in [0.2, 0.25) is 0 Å². The lowest BCUT2D eigenvalue weighted by atomic mass is 10.1. The molecule has 0 saturated heterocycles. The highest BCUT2D eigenvalue weighted by atomic mass is 16.5. The summed E-state index contributed by atoms with van der Waals surface area (Å²) in [6.07, 6.45) is 5.61. The zero-order valence-electron chi connectivity index (χ0n) is 14.4. The van der Waals surface area contributed by atoms with Gasteiger partial charge in [-0.2, -0.15) is 5.10 Å². The summed E-state index contributed by atoms with van der Waals surface area (Å²) in [7, 11) is 1.98. The van der Waals surface area contributed by atoms with E-state index in [1.807, 2.05) is 30.9 Å².